The maximum absolute atomic E-state index is 11.7. The fourth-order valence-electron chi connectivity index (χ4n) is 3.25. The van der Waals surface area contributed by atoms with Gasteiger partial charge in [-0.3, -0.25) is 4.79 Å². The summed E-state index contributed by atoms with van der Waals surface area (Å²) < 4.78 is 16.5. The second-order valence-corrected chi connectivity index (χ2v) is 4.99. The van der Waals surface area contributed by atoms with E-state index in [4.69, 9.17) is 14.2 Å². The average molecular weight is 212 g/mol. The van der Waals surface area contributed by atoms with Crippen LogP contribution in [0.5, 0.6) is 0 Å². The van der Waals surface area contributed by atoms with E-state index in [-0.39, 0.29) is 24.1 Å². The molecule has 1 N–H and O–H groups in total. The van der Waals surface area contributed by atoms with Gasteiger partial charge >= 0.3 is 0 Å². The van der Waals surface area contributed by atoms with Crippen molar-refractivity contribution in [2.75, 3.05) is 0 Å². The number of ketones is 1. The smallest absolute Gasteiger partial charge is 0.196 e. The summed E-state index contributed by atoms with van der Waals surface area (Å²) in [7, 11) is 0. The van der Waals surface area contributed by atoms with Gasteiger partial charge in [-0.2, -0.15) is 0 Å². The van der Waals surface area contributed by atoms with Crippen LogP contribution in [0, 0.1) is 0 Å². The van der Waals surface area contributed by atoms with Gasteiger partial charge in [-0.15, -0.1) is 0 Å². The summed E-state index contributed by atoms with van der Waals surface area (Å²) >= 11 is 0. The molecule has 0 aromatic rings. The van der Waals surface area contributed by atoms with Crippen LogP contribution in [0.4, 0.5) is 0 Å². The van der Waals surface area contributed by atoms with Gasteiger partial charge in [-0.25, -0.2) is 0 Å². The summed E-state index contributed by atoms with van der Waals surface area (Å²) in [6, 6.07) is 0. The number of fused-ring (bicyclic) bond motifs is 4. The van der Waals surface area contributed by atoms with Crippen LogP contribution in [-0.4, -0.2) is 46.7 Å². The van der Waals surface area contributed by atoms with Gasteiger partial charge in [-0.1, -0.05) is 0 Å². The van der Waals surface area contributed by atoms with Crippen LogP contribution >= 0.6 is 0 Å². The third kappa shape index (κ3) is 0.761. The molecule has 3 aliphatic heterocycles. The van der Waals surface area contributed by atoms with Gasteiger partial charge in [-0.05, 0) is 13.3 Å². The molecule has 0 radical (unpaired) electrons. The van der Waals surface area contributed by atoms with E-state index >= 15 is 0 Å². The first kappa shape index (κ1) is 8.64. The van der Waals surface area contributed by atoms with Crippen molar-refractivity contribution in [3.63, 3.8) is 0 Å². The molecule has 6 atom stereocenters. The first-order valence-corrected chi connectivity index (χ1v) is 5.31. The summed E-state index contributed by atoms with van der Waals surface area (Å²) in [6.45, 7) is 1.88. The molecule has 5 heteroatoms. The van der Waals surface area contributed by atoms with Gasteiger partial charge in [0.05, 0.1) is 0 Å². The topological polar surface area (TPSA) is 71.6 Å². The molecule has 1 unspecified atom stereocenters. The number of epoxide rings is 2. The number of carbonyl (C=O) groups excluding carboxylic acids is 1. The Bertz CT molecular complexity index is 369. The highest BCUT2D eigenvalue weighted by Crippen LogP contribution is 2.63. The predicted octanol–water partition coefficient (Wildman–Crippen LogP) is -0.638. The molecule has 0 amide bonds. The van der Waals surface area contributed by atoms with Crippen LogP contribution in [0.1, 0.15) is 19.8 Å². The summed E-state index contributed by atoms with van der Waals surface area (Å²) in [5.41, 5.74) is -1.16. The molecular formula is C10H12O5. The van der Waals surface area contributed by atoms with Crippen LogP contribution in [0.15, 0.2) is 0 Å². The molecule has 1 aliphatic carbocycles. The Balaban J connectivity index is 1.78. The van der Waals surface area contributed by atoms with E-state index in [1.54, 1.807) is 0 Å². The molecule has 1 spiro atoms. The third-order valence-electron chi connectivity index (χ3n) is 4.25. The second-order valence-electron chi connectivity index (χ2n) is 4.99. The van der Waals surface area contributed by atoms with Crippen LogP contribution in [0.25, 0.3) is 0 Å². The SMILES string of the molecule is C[C@@]12O[C@@H]1C(=O)[C@@H]1O[C@@H]1[C@@]21CCC(O)O1. The van der Waals surface area contributed by atoms with E-state index < -0.39 is 17.5 Å². The monoisotopic (exact) mass is 212 g/mol. The molecule has 3 heterocycles. The Morgan fingerprint density at radius 3 is 2.93 bits per heavy atom. The summed E-state index contributed by atoms with van der Waals surface area (Å²) in [6.07, 6.45) is -0.389. The van der Waals surface area contributed by atoms with E-state index in [1.165, 1.54) is 0 Å². The summed E-state index contributed by atoms with van der Waals surface area (Å²) in [4.78, 5) is 11.7. The van der Waals surface area contributed by atoms with Crippen molar-refractivity contribution in [2.45, 2.75) is 55.6 Å². The number of rotatable bonds is 0. The van der Waals surface area contributed by atoms with E-state index in [0.717, 1.165) is 0 Å². The number of carbonyl (C=O) groups is 1. The van der Waals surface area contributed by atoms with Gasteiger partial charge in [0.25, 0.3) is 0 Å². The molecule has 0 bridgehead atoms. The summed E-state index contributed by atoms with van der Waals surface area (Å²) in [5, 5.41) is 9.48. The number of hydrogen-bond donors (Lipinski definition) is 1. The van der Waals surface area contributed by atoms with Gasteiger partial charge in [0, 0.05) is 6.42 Å². The zero-order chi connectivity index (χ0) is 10.4. The molecule has 0 aromatic heterocycles. The molecule has 4 fully saturated rings. The lowest BCUT2D eigenvalue weighted by atomic mass is 9.74. The number of ether oxygens (including phenoxy) is 3. The lowest BCUT2D eigenvalue weighted by Crippen LogP contribution is -2.55. The van der Waals surface area contributed by atoms with Crippen molar-refractivity contribution in [3.05, 3.63) is 0 Å². The quantitative estimate of drug-likeness (QED) is 0.541. The van der Waals surface area contributed by atoms with Gasteiger partial charge in [0.1, 0.15) is 23.4 Å². The fraction of sp³-hybridized carbons (Fsp3) is 0.900. The molecule has 0 aromatic carbocycles. The van der Waals surface area contributed by atoms with Crippen molar-refractivity contribution >= 4 is 5.78 Å². The third-order valence-corrected chi connectivity index (χ3v) is 4.25. The summed E-state index contributed by atoms with van der Waals surface area (Å²) in [5.74, 6) is 0.0399. The standard InChI is InChI=1S/C10H12O5/c1-9-7(15-9)5(12)6-8(13-6)10(9)3-2-4(11)14-10/h4,6-8,11H,2-3H2,1H3/t4?,6-,7+,8-,9+,10-/m0/s1. The maximum Gasteiger partial charge on any atom is 0.196 e. The van der Waals surface area contributed by atoms with Crippen molar-refractivity contribution < 1.29 is 24.1 Å². The van der Waals surface area contributed by atoms with E-state index in [9.17, 15) is 9.90 Å². The zero-order valence-electron chi connectivity index (χ0n) is 8.30. The van der Waals surface area contributed by atoms with Gasteiger partial charge < -0.3 is 19.3 Å². The van der Waals surface area contributed by atoms with Crippen molar-refractivity contribution in [1.82, 2.24) is 0 Å². The first-order chi connectivity index (χ1) is 7.08. The van der Waals surface area contributed by atoms with E-state index in [2.05, 4.69) is 0 Å². The van der Waals surface area contributed by atoms with E-state index in [1.807, 2.05) is 6.92 Å². The fourth-order valence-corrected chi connectivity index (χ4v) is 3.25. The van der Waals surface area contributed by atoms with Crippen molar-refractivity contribution in [2.24, 2.45) is 0 Å². The molecular weight excluding hydrogens is 200 g/mol. The van der Waals surface area contributed by atoms with Gasteiger partial charge in [0.2, 0.25) is 0 Å². The minimum atomic E-state index is -0.746. The van der Waals surface area contributed by atoms with Crippen LogP contribution in [0.3, 0.4) is 0 Å². The number of Topliss-reactive ketones (excluding diaryl/α,β-unsaturated/α-hetero) is 1. The Morgan fingerprint density at radius 2 is 2.27 bits per heavy atom. The van der Waals surface area contributed by atoms with Crippen molar-refractivity contribution in [3.8, 4) is 0 Å². The molecule has 15 heavy (non-hydrogen) atoms. The Labute approximate surface area is 86.3 Å². The number of aliphatic hydroxyl groups is 1. The highest BCUT2D eigenvalue weighted by molar-refractivity contribution is 5.95. The maximum atomic E-state index is 11.7. The minimum Gasteiger partial charge on any atom is -0.368 e. The predicted molar refractivity (Wildman–Crippen MR) is 46.0 cm³/mol. The van der Waals surface area contributed by atoms with Crippen molar-refractivity contribution in [1.29, 1.82) is 0 Å². The highest BCUT2D eigenvalue weighted by Gasteiger charge is 2.84. The second kappa shape index (κ2) is 2.13. The largest absolute Gasteiger partial charge is 0.368 e. The molecule has 1 saturated carbocycles. The van der Waals surface area contributed by atoms with Crippen LogP contribution in [0.2, 0.25) is 0 Å². The molecule has 3 saturated heterocycles. The van der Waals surface area contributed by atoms with E-state index in [0.29, 0.717) is 12.8 Å². The van der Waals surface area contributed by atoms with Crippen LogP contribution in [-0.2, 0) is 19.0 Å². The van der Waals surface area contributed by atoms with Crippen LogP contribution < -0.4 is 0 Å². The zero-order valence-corrected chi connectivity index (χ0v) is 8.30. The lowest BCUT2D eigenvalue weighted by molar-refractivity contribution is -0.171. The van der Waals surface area contributed by atoms with Gasteiger partial charge in [0.15, 0.2) is 18.2 Å². The Hall–Kier alpha value is -0.490. The molecule has 82 valence electrons. The average Bonchev–Trinajstić information content (AvgIpc) is 3.06. The first-order valence-electron chi connectivity index (χ1n) is 5.31. The molecule has 4 aliphatic rings. The highest BCUT2D eigenvalue weighted by atomic mass is 16.7. The normalized spacial score (nSPS) is 65.3. The Morgan fingerprint density at radius 1 is 1.47 bits per heavy atom. The minimum absolute atomic E-state index is 0.0399. The number of hydrogen-bond acceptors (Lipinski definition) is 5. The lowest BCUT2D eigenvalue weighted by Gasteiger charge is -2.33. The number of aliphatic hydroxyl groups excluding tert-OH is 1. The Kier molecular flexibility index (Phi) is 1.23. The molecule has 4 rings (SSSR count). The molecule has 5 nitrogen and oxygen atoms in total.